The molecule has 1 aromatic rings. The van der Waals surface area contributed by atoms with Crippen LogP contribution in [-0.2, 0) is 0 Å². The van der Waals surface area contributed by atoms with Crippen LogP contribution in [0.3, 0.4) is 0 Å². The third kappa shape index (κ3) is 2.07. The minimum Gasteiger partial charge on any atom is -0.481 e. The fourth-order valence-electron chi connectivity index (χ4n) is 0.729. The summed E-state index contributed by atoms with van der Waals surface area (Å²) in [6, 6.07) is 1.75. The lowest BCUT2D eigenvalue weighted by Gasteiger charge is -2.02. The molecule has 0 spiro atoms. The second-order valence-electron chi connectivity index (χ2n) is 1.98. The van der Waals surface area contributed by atoms with Crippen LogP contribution >= 0.6 is 0 Å². The molecule has 0 radical (unpaired) electrons. The molecule has 0 saturated carbocycles. The molecular weight excluding hydrogens is 142 g/mol. The van der Waals surface area contributed by atoms with Gasteiger partial charge in [0.2, 0.25) is 5.88 Å². The summed E-state index contributed by atoms with van der Waals surface area (Å²) >= 11 is 0. The van der Waals surface area contributed by atoms with Crippen molar-refractivity contribution in [2.45, 2.75) is 6.92 Å². The SMILES string of the molecule is CCNc1cc(OC)ncn1. The second-order valence-corrected chi connectivity index (χ2v) is 1.98. The van der Waals surface area contributed by atoms with Gasteiger partial charge in [-0.25, -0.2) is 9.97 Å². The van der Waals surface area contributed by atoms with Gasteiger partial charge >= 0.3 is 0 Å². The van der Waals surface area contributed by atoms with Crippen molar-refractivity contribution in [1.29, 1.82) is 0 Å². The average molecular weight is 153 g/mol. The number of anilines is 1. The van der Waals surface area contributed by atoms with Crippen molar-refractivity contribution < 1.29 is 4.74 Å². The molecule has 4 heteroatoms. The molecule has 0 bridgehead atoms. The fourth-order valence-corrected chi connectivity index (χ4v) is 0.729. The maximum Gasteiger partial charge on any atom is 0.218 e. The summed E-state index contributed by atoms with van der Waals surface area (Å²) in [4.78, 5) is 7.84. The molecule has 1 heterocycles. The van der Waals surface area contributed by atoms with E-state index in [-0.39, 0.29) is 0 Å². The first-order valence-electron chi connectivity index (χ1n) is 3.46. The van der Waals surface area contributed by atoms with Gasteiger partial charge in [0.25, 0.3) is 0 Å². The van der Waals surface area contributed by atoms with Gasteiger partial charge in [-0.2, -0.15) is 0 Å². The Morgan fingerprint density at radius 3 is 3.00 bits per heavy atom. The first-order chi connectivity index (χ1) is 5.36. The van der Waals surface area contributed by atoms with Crippen LogP contribution in [-0.4, -0.2) is 23.6 Å². The van der Waals surface area contributed by atoms with Crippen LogP contribution in [0.15, 0.2) is 12.4 Å². The predicted molar refractivity (Wildman–Crippen MR) is 42.7 cm³/mol. The molecule has 4 nitrogen and oxygen atoms in total. The maximum absolute atomic E-state index is 4.91. The van der Waals surface area contributed by atoms with Crippen molar-refractivity contribution in [3.63, 3.8) is 0 Å². The van der Waals surface area contributed by atoms with Crippen molar-refractivity contribution in [3.05, 3.63) is 12.4 Å². The molecule has 1 aromatic heterocycles. The predicted octanol–water partition coefficient (Wildman–Crippen LogP) is 0.917. The van der Waals surface area contributed by atoms with E-state index in [1.807, 2.05) is 6.92 Å². The van der Waals surface area contributed by atoms with Crippen LogP contribution < -0.4 is 10.1 Å². The van der Waals surface area contributed by atoms with Crippen molar-refractivity contribution in [3.8, 4) is 5.88 Å². The van der Waals surface area contributed by atoms with Gasteiger partial charge in [-0.3, -0.25) is 0 Å². The van der Waals surface area contributed by atoms with Crippen LogP contribution in [0.4, 0.5) is 5.82 Å². The molecule has 60 valence electrons. The topological polar surface area (TPSA) is 47.0 Å². The van der Waals surface area contributed by atoms with E-state index in [2.05, 4.69) is 15.3 Å². The molecule has 0 aliphatic carbocycles. The monoisotopic (exact) mass is 153 g/mol. The molecule has 1 N–H and O–H groups in total. The Balaban J connectivity index is 2.74. The van der Waals surface area contributed by atoms with Gasteiger partial charge in [-0.05, 0) is 6.92 Å². The number of methoxy groups -OCH3 is 1. The summed E-state index contributed by atoms with van der Waals surface area (Å²) in [5.74, 6) is 1.37. The Labute approximate surface area is 65.6 Å². The zero-order chi connectivity index (χ0) is 8.10. The number of ether oxygens (including phenoxy) is 1. The van der Waals surface area contributed by atoms with E-state index >= 15 is 0 Å². The molecule has 0 unspecified atom stereocenters. The van der Waals surface area contributed by atoms with Crippen LogP contribution in [0.5, 0.6) is 5.88 Å². The highest BCUT2D eigenvalue weighted by atomic mass is 16.5. The lowest BCUT2D eigenvalue weighted by atomic mass is 10.5. The number of aromatic nitrogens is 2. The van der Waals surface area contributed by atoms with Crippen LogP contribution in [0.1, 0.15) is 6.92 Å². The van der Waals surface area contributed by atoms with Gasteiger partial charge in [-0.15, -0.1) is 0 Å². The average Bonchev–Trinajstić information content (AvgIpc) is 2.06. The number of hydrogen-bond donors (Lipinski definition) is 1. The molecule has 0 aliphatic rings. The molecule has 0 amide bonds. The smallest absolute Gasteiger partial charge is 0.218 e. The van der Waals surface area contributed by atoms with Crippen molar-refractivity contribution in [1.82, 2.24) is 9.97 Å². The summed E-state index contributed by atoms with van der Waals surface area (Å²) < 4.78 is 4.91. The first kappa shape index (κ1) is 7.78. The molecule has 0 aromatic carbocycles. The number of rotatable bonds is 3. The first-order valence-corrected chi connectivity index (χ1v) is 3.46. The van der Waals surface area contributed by atoms with E-state index < -0.39 is 0 Å². The summed E-state index contributed by atoms with van der Waals surface area (Å²) in [5.41, 5.74) is 0. The van der Waals surface area contributed by atoms with Crippen molar-refractivity contribution in [2.75, 3.05) is 19.0 Å². The highest BCUT2D eigenvalue weighted by Gasteiger charge is 1.94. The van der Waals surface area contributed by atoms with Crippen molar-refractivity contribution in [2.24, 2.45) is 0 Å². The van der Waals surface area contributed by atoms with Crippen molar-refractivity contribution >= 4 is 5.82 Å². The minimum absolute atomic E-state index is 0.580. The Morgan fingerprint density at radius 2 is 2.36 bits per heavy atom. The summed E-state index contributed by atoms with van der Waals surface area (Å²) in [6.45, 7) is 2.86. The summed E-state index contributed by atoms with van der Waals surface area (Å²) in [5, 5.41) is 3.05. The minimum atomic E-state index is 0.580. The molecule has 0 fully saturated rings. The van der Waals surface area contributed by atoms with E-state index in [0.29, 0.717) is 5.88 Å². The molecule has 0 atom stereocenters. The number of hydrogen-bond acceptors (Lipinski definition) is 4. The lowest BCUT2D eigenvalue weighted by Crippen LogP contribution is -1.99. The molecule has 11 heavy (non-hydrogen) atoms. The van der Waals surface area contributed by atoms with Crippen LogP contribution in [0.25, 0.3) is 0 Å². The highest BCUT2D eigenvalue weighted by molar-refractivity contribution is 5.36. The largest absolute Gasteiger partial charge is 0.481 e. The Morgan fingerprint density at radius 1 is 1.55 bits per heavy atom. The Bertz CT molecular complexity index is 227. The normalized spacial score (nSPS) is 9.27. The zero-order valence-electron chi connectivity index (χ0n) is 6.66. The van der Waals surface area contributed by atoms with E-state index in [0.717, 1.165) is 12.4 Å². The Hall–Kier alpha value is -1.32. The second kappa shape index (κ2) is 3.75. The molecular formula is C7H11N3O. The van der Waals surface area contributed by atoms with Gasteiger partial charge in [-0.1, -0.05) is 0 Å². The summed E-state index contributed by atoms with van der Waals surface area (Å²) in [6.07, 6.45) is 1.47. The maximum atomic E-state index is 4.91. The quantitative estimate of drug-likeness (QED) is 0.701. The van der Waals surface area contributed by atoms with E-state index in [9.17, 15) is 0 Å². The Kier molecular flexibility index (Phi) is 2.66. The van der Waals surface area contributed by atoms with E-state index in [4.69, 9.17) is 4.74 Å². The summed E-state index contributed by atoms with van der Waals surface area (Å²) in [7, 11) is 1.58. The molecule has 0 saturated heterocycles. The van der Waals surface area contributed by atoms with Gasteiger partial charge in [0.15, 0.2) is 0 Å². The standard InChI is InChI=1S/C7H11N3O/c1-3-8-6-4-7(11-2)10-5-9-6/h4-5H,3H2,1-2H3,(H,8,9,10). The van der Waals surface area contributed by atoms with E-state index in [1.54, 1.807) is 13.2 Å². The van der Waals surface area contributed by atoms with Gasteiger partial charge in [0.05, 0.1) is 7.11 Å². The zero-order valence-corrected chi connectivity index (χ0v) is 6.66. The molecule has 1 rings (SSSR count). The van der Waals surface area contributed by atoms with Gasteiger partial charge < -0.3 is 10.1 Å². The van der Waals surface area contributed by atoms with Gasteiger partial charge in [0.1, 0.15) is 12.1 Å². The third-order valence-corrected chi connectivity index (χ3v) is 1.21. The highest BCUT2D eigenvalue weighted by Crippen LogP contribution is 2.08. The van der Waals surface area contributed by atoms with E-state index in [1.165, 1.54) is 6.33 Å². The lowest BCUT2D eigenvalue weighted by molar-refractivity contribution is 0.397. The fraction of sp³-hybridized carbons (Fsp3) is 0.429. The van der Waals surface area contributed by atoms with Gasteiger partial charge in [0, 0.05) is 12.6 Å². The van der Waals surface area contributed by atoms with Crippen LogP contribution in [0, 0.1) is 0 Å². The molecule has 0 aliphatic heterocycles. The third-order valence-electron chi connectivity index (χ3n) is 1.21. The number of nitrogens with one attached hydrogen (secondary N) is 1. The van der Waals surface area contributed by atoms with Crippen LogP contribution in [0.2, 0.25) is 0 Å². The number of nitrogens with zero attached hydrogens (tertiary/aromatic N) is 2.